The number of carbonyl (C=O) groups is 2. The number of aryl methyl sites for hydroxylation is 1. The fraction of sp³-hybridized carbons (Fsp3) is 0.531. The number of carbonyl (C=O) groups excluding carboxylic acids is 2. The summed E-state index contributed by atoms with van der Waals surface area (Å²) in [5.74, 6) is -2.32. The molecule has 1 aromatic carbocycles. The molecule has 1 amide bonds. The number of alkyl halides is 2. The molecule has 0 saturated heterocycles. The monoisotopic (exact) mass is 544 g/mol. The Hall–Kier alpha value is -2.93. The molecule has 1 aliphatic rings. The van der Waals surface area contributed by atoms with E-state index in [9.17, 15) is 18.4 Å². The van der Waals surface area contributed by atoms with E-state index in [1.807, 2.05) is 38.1 Å². The van der Waals surface area contributed by atoms with Crippen LogP contribution < -0.4 is 5.32 Å². The summed E-state index contributed by atoms with van der Waals surface area (Å²) in [5, 5.41) is 10.9. The summed E-state index contributed by atoms with van der Waals surface area (Å²) in [7, 11) is 0. The summed E-state index contributed by atoms with van der Waals surface area (Å²) < 4.78 is 30.3. The fourth-order valence-corrected chi connectivity index (χ4v) is 4.32. The van der Waals surface area contributed by atoms with Crippen molar-refractivity contribution in [1.29, 1.82) is 5.41 Å². The third kappa shape index (κ3) is 13.6. The molecular weight excluding hydrogens is 498 g/mol. The number of hydrogen-bond acceptors (Lipinski definition) is 4. The van der Waals surface area contributed by atoms with Crippen LogP contribution in [0.1, 0.15) is 89.1 Å². The Balaban J connectivity index is 0.000000633. The number of hydrogen-bond donors (Lipinski definition) is 2. The maximum atomic E-state index is 12.7. The highest BCUT2D eigenvalue weighted by Crippen LogP contribution is 2.25. The van der Waals surface area contributed by atoms with Crippen molar-refractivity contribution < 1.29 is 23.1 Å². The predicted octanol–water partition coefficient (Wildman–Crippen LogP) is 7.80. The highest BCUT2D eigenvalue weighted by atomic mass is 19.3. The van der Waals surface area contributed by atoms with Crippen molar-refractivity contribution in [1.82, 2.24) is 5.32 Å². The van der Waals surface area contributed by atoms with Crippen molar-refractivity contribution in [3.63, 3.8) is 0 Å². The molecule has 0 atom stereocenters. The van der Waals surface area contributed by atoms with Gasteiger partial charge in [-0.25, -0.2) is 8.78 Å². The van der Waals surface area contributed by atoms with Gasteiger partial charge in [0.2, 0.25) is 0 Å². The van der Waals surface area contributed by atoms with Gasteiger partial charge < -0.3 is 15.5 Å². The molecule has 0 spiro atoms. The third-order valence-electron chi connectivity index (χ3n) is 6.42. The maximum Gasteiger partial charge on any atom is 0.268 e. The van der Waals surface area contributed by atoms with E-state index in [4.69, 9.17) is 10.1 Å². The van der Waals surface area contributed by atoms with Crippen LogP contribution in [-0.2, 0) is 9.53 Å². The lowest BCUT2D eigenvalue weighted by atomic mass is 9.88. The van der Waals surface area contributed by atoms with E-state index < -0.39 is 12.5 Å². The average molecular weight is 545 g/mol. The zero-order chi connectivity index (χ0) is 29.4. The van der Waals surface area contributed by atoms with Crippen LogP contribution in [0.3, 0.4) is 0 Å². The van der Waals surface area contributed by atoms with Crippen LogP contribution in [0.4, 0.5) is 8.78 Å². The number of nitrogens with one attached hydrogen (secondary N) is 2. The van der Waals surface area contributed by atoms with Crippen molar-refractivity contribution in [2.45, 2.75) is 86.0 Å². The summed E-state index contributed by atoms with van der Waals surface area (Å²) in [6, 6.07) is 7.57. The Morgan fingerprint density at radius 3 is 2.21 bits per heavy atom. The molecular formula is C32H46F2N2O3. The third-order valence-corrected chi connectivity index (χ3v) is 6.42. The van der Waals surface area contributed by atoms with E-state index in [0.717, 1.165) is 36.5 Å². The first-order valence-corrected chi connectivity index (χ1v) is 13.9. The van der Waals surface area contributed by atoms with Gasteiger partial charge in [-0.3, -0.25) is 9.59 Å². The van der Waals surface area contributed by atoms with Gasteiger partial charge in [0.25, 0.3) is 11.8 Å². The lowest BCUT2D eigenvalue weighted by Gasteiger charge is -2.18. The van der Waals surface area contributed by atoms with E-state index in [1.165, 1.54) is 31.2 Å². The van der Waals surface area contributed by atoms with Crippen molar-refractivity contribution in [2.75, 3.05) is 19.8 Å². The normalized spacial score (nSPS) is 14.5. The first-order chi connectivity index (χ1) is 18.4. The van der Waals surface area contributed by atoms with Gasteiger partial charge in [-0.05, 0) is 62.8 Å². The highest BCUT2D eigenvalue weighted by Gasteiger charge is 2.21. The number of halogens is 2. The predicted molar refractivity (Wildman–Crippen MR) is 156 cm³/mol. The minimum atomic E-state index is -2.87. The molecule has 1 aromatic rings. The van der Waals surface area contributed by atoms with Crippen LogP contribution in [0.2, 0.25) is 0 Å². The van der Waals surface area contributed by atoms with E-state index >= 15 is 0 Å². The van der Waals surface area contributed by atoms with Crippen LogP contribution in [-0.4, -0.2) is 43.1 Å². The molecule has 7 heteroatoms. The summed E-state index contributed by atoms with van der Waals surface area (Å²) in [4.78, 5) is 23.2. The highest BCUT2D eigenvalue weighted by molar-refractivity contribution is 6.14. The number of amides is 1. The molecule has 0 fully saturated rings. The van der Waals surface area contributed by atoms with Crippen LogP contribution in [0.5, 0.6) is 0 Å². The molecule has 0 radical (unpaired) electrons. The molecule has 0 unspecified atom stereocenters. The Bertz CT molecular complexity index is 1030. The number of ketones is 1. The molecule has 0 bridgehead atoms. The standard InChI is InChI=1S/C23H36F2N2O2.C9H10O/c1-5-8-18(9-6-2)10-7-11-19-17(3)20(12-13-21(19)26)22(28)27-14-15-29-16-23(4,24)25;1-7-3-5-9(6-4-7)8(2)10/h11-13,18,26H,5-10,14-16H2,1-4H3,(H,27,28);3-6H,1-2H3/b19-11-,26-21?;. The van der Waals surface area contributed by atoms with Gasteiger partial charge in [0.1, 0.15) is 6.61 Å². The lowest BCUT2D eigenvalue weighted by Crippen LogP contribution is -2.31. The molecule has 1 aliphatic carbocycles. The second-order valence-electron chi connectivity index (χ2n) is 10.2. The van der Waals surface area contributed by atoms with Gasteiger partial charge in [-0.2, -0.15) is 0 Å². The molecule has 2 N–H and O–H groups in total. The number of allylic oxidation sites excluding steroid dienone is 4. The first-order valence-electron chi connectivity index (χ1n) is 13.9. The van der Waals surface area contributed by atoms with Gasteiger partial charge in [0.05, 0.1) is 12.3 Å². The van der Waals surface area contributed by atoms with Crippen LogP contribution in [0, 0.1) is 18.3 Å². The Morgan fingerprint density at radius 1 is 1.05 bits per heavy atom. The van der Waals surface area contributed by atoms with E-state index in [-0.39, 0.29) is 24.8 Å². The van der Waals surface area contributed by atoms with Crippen molar-refractivity contribution in [3.05, 3.63) is 70.3 Å². The molecule has 0 aromatic heterocycles. The van der Waals surface area contributed by atoms with Crippen molar-refractivity contribution in [2.24, 2.45) is 5.92 Å². The number of rotatable bonds is 14. The lowest BCUT2D eigenvalue weighted by molar-refractivity contribution is -0.117. The van der Waals surface area contributed by atoms with E-state index in [1.54, 1.807) is 19.1 Å². The van der Waals surface area contributed by atoms with Crippen LogP contribution in [0.15, 0.2) is 59.2 Å². The van der Waals surface area contributed by atoms with E-state index in [2.05, 4.69) is 25.2 Å². The SMILES string of the molecule is CC(=O)c1ccc(C)cc1.CCCC(CCC)CC/C=C1\C(=N)C=CC(C(=O)NCCOCC(C)(F)F)=C1C. The van der Waals surface area contributed by atoms with Gasteiger partial charge in [-0.1, -0.05) is 75.4 Å². The quantitative estimate of drug-likeness (QED) is 0.185. The van der Waals surface area contributed by atoms with Crippen LogP contribution >= 0.6 is 0 Å². The van der Waals surface area contributed by atoms with E-state index in [0.29, 0.717) is 17.2 Å². The molecule has 216 valence electrons. The number of benzene rings is 1. The Labute approximate surface area is 233 Å². The molecule has 5 nitrogen and oxygen atoms in total. The summed E-state index contributed by atoms with van der Waals surface area (Å²) in [6.07, 6.45) is 12.1. The molecule has 0 aliphatic heterocycles. The smallest absolute Gasteiger partial charge is 0.268 e. The molecule has 0 heterocycles. The summed E-state index contributed by atoms with van der Waals surface area (Å²) in [6.45, 7) is 10.2. The van der Waals surface area contributed by atoms with Gasteiger partial charge in [-0.15, -0.1) is 0 Å². The average Bonchev–Trinajstić information content (AvgIpc) is 2.86. The zero-order valence-corrected chi connectivity index (χ0v) is 24.5. The van der Waals surface area contributed by atoms with Crippen molar-refractivity contribution >= 4 is 17.4 Å². The topological polar surface area (TPSA) is 79.2 Å². The number of ether oxygens (including phenoxy) is 1. The minimum Gasteiger partial charge on any atom is -0.373 e. The van der Waals surface area contributed by atoms with Gasteiger partial charge in [0, 0.05) is 24.6 Å². The summed E-state index contributed by atoms with van der Waals surface area (Å²) >= 11 is 0. The second kappa shape index (κ2) is 17.6. The largest absolute Gasteiger partial charge is 0.373 e. The second-order valence-corrected chi connectivity index (χ2v) is 10.2. The minimum absolute atomic E-state index is 0.0278. The zero-order valence-electron chi connectivity index (χ0n) is 24.5. The van der Waals surface area contributed by atoms with Crippen molar-refractivity contribution in [3.8, 4) is 0 Å². The van der Waals surface area contributed by atoms with Gasteiger partial charge in [0.15, 0.2) is 5.78 Å². The maximum absolute atomic E-state index is 12.7. The first kappa shape index (κ1) is 34.1. The summed E-state index contributed by atoms with van der Waals surface area (Å²) in [5.41, 5.74) is 4.46. The van der Waals surface area contributed by atoms with Crippen LogP contribution in [0.25, 0.3) is 0 Å². The molecule has 0 saturated carbocycles. The Morgan fingerprint density at radius 2 is 1.67 bits per heavy atom. The van der Waals surface area contributed by atoms with Gasteiger partial charge >= 0.3 is 0 Å². The molecule has 39 heavy (non-hydrogen) atoms. The fourth-order valence-electron chi connectivity index (χ4n) is 4.32. The Kier molecular flexibility index (Phi) is 15.4. The molecule has 2 rings (SSSR count). The number of Topliss-reactive ketones (excluding diaryl/α,β-unsaturated/α-hetero) is 1.